The second kappa shape index (κ2) is 12.3. The van der Waals surface area contributed by atoms with Gasteiger partial charge in [0.25, 0.3) is 0 Å². The van der Waals surface area contributed by atoms with Crippen molar-refractivity contribution in [2.45, 2.75) is 49.3 Å². The van der Waals surface area contributed by atoms with Crippen LogP contribution in [0, 0.1) is 5.41 Å². The molecule has 0 radical (unpaired) electrons. The molecule has 8 rings (SSSR count). The van der Waals surface area contributed by atoms with Crippen LogP contribution in [-0.4, -0.2) is 61.1 Å². The van der Waals surface area contributed by atoms with E-state index in [1.54, 1.807) is 48.5 Å². The highest BCUT2D eigenvalue weighted by Gasteiger charge is 2.75. The van der Waals surface area contributed by atoms with Gasteiger partial charge in [-0.15, -0.1) is 0 Å². The Bertz CT molecular complexity index is 2040. The molecule has 2 saturated heterocycles. The Morgan fingerprint density at radius 3 is 1.57 bits per heavy atom. The van der Waals surface area contributed by atoms with E-state index in [9.17, 15) is 20.4 Å². The molecule has 3 aliphatic heterocycles. The molecular formula is C40H40O11. The molecule has 51 heavy (non-hydrogen) atoms. The van der Waals surface area contributed by atoms with Crippen LogP contribution in [0.2, 0.25) is 0 Å². The summed E-state index contributed by atoms with van der Waals surface area (Å²) in [6, 6.07) is 21.1. The molecule has 3 heterocycles. The molecule has 1 aliphatic carbocycles. The first-order chi connectivity index (χ1) is 24.7. The predicted molar refractivity (Wildman–Crippen MR) is 184 cm³/mol. The summed E-state index contributed by atoms with van der Waals surface area (Å²) < 4.78 is 42.4. The Morgan fingerprint density at radius 1 is 0.549 bits per heavy atom. The van der Waals surface area contributed by atoms with Crippen molar-refractivity contribution in [3.63, 3.8) is 0 Å². The lowest BCUT2D eigenvalue weighted by molar-refractivity contribution is 0.00311. The summed E-state index contributed by atoms with van der Waals surface area (Å²) in [4.78, 5) is 0. The Morgan fingerprint density at radius 2 is 1.04 bits per heavy atom. The molecule has 2 spiro atoms. The molecule has 11 nitrogen and oxygen atoms in total. The third-order valence-electron chi connectivity index (χ3n) is 11.2. The molecule has 0 aromatic heterocycles. The van der Waals surface area contributed by atoms with Gasteiger partial charge in [-0.3, -0.25) is 0 Å². The predicted octanol–water partition coefficient (Wildman–Crippen LogP) is 7.10. The molecule has 11 heteroatoms. The van der Waals surface area contributed by atoms with Crippen molar-refractivity contribution in [1.82, 2.24) is 0 Å². The highest BCUT2D eigenvalue weighted by Crippen LogP contribution is 2.74. The zero-order valence-electron chi connectivity index (χ0n) is 28.7. The molecule has 0 bridgehead atoms. The quantitative estimate of drug-likeness (QED) is 0.110. The number of phenols is 4. The monoisotopic (exact) mass is 696 g/mol. The number of fused-ring (bicyclic) bond motifs is 1. The maximum atomic E-state index is 11.0. The van der Waals surface area contributed by atoms with Gasteiger partial charge in [0.15, 0.2) is 46.0 Å². The number of hydrogen-bond acceptors (Lipinski definition) is 11. The normalized spacial score (nSPS) is 27.8. The molecule has 0 unspecified atom stereocenters. The molecule has 6 atom stereocenters. The van der Waals surface area contributed by atoms with E-state index in [1.807, 2.05) is 24.3 Å². The smallest absolute Gasteiger partial charge is 0.160 e. The van der Waals surface area contributed by atoms with E-state index in [0.717, 1.165) is 33.4 Å². The van der Waals surface area contributed by atoms with Crippen LogP contribution >= 0.6 is 0 Å². The van der Waals surface area contributed by atoms with Crippen LogP contribution in [0.5, 0.6) is 46.0 Å². The van der Waals surface area contributed by atoms with Gasteiger partial charge in [0, 0.05) is 5.41 Å². The summed E-state index contributed by atoms with van der Waals surface area (Å²) in [7, 11) is 6.05. The Balaban J connectivity index is 1.29. The number of epoxide rings is 1. The van der Waals surface area contributed by atoms with Crippen LogP contribution in [0.3, 0.4) is 0 Å². The first-order valence-corrected chi connectivity index (χ1v) is 16.8. The van der Waals surface area contributed by atoms with Crippen LogP contribution in [-0.2, 0) is 14.2 Å². The van der Waals surface area contributed by atoms with Gasteiger partial charge in [-0.1, -0.05) is 24.3 Å². The first kappa shape index (κ1) is 33.1. The highest BCUT2D eigenvalue weighted by atomic mass is 16.6. The topological polar surface area (TPSA) is 149 Å². The van der Waals surface area contributed by atoms with E-state index in [-0.39, 0.29) is 23.0 Å². The average molecular weight is 697 g/mol. The van der Waals surface area contributed by atoms with E-state index in [4.69, 9.17) is 33.2 Å². The Labute approximate surface area is 295 Å². The molecule has 0 saturated carbocycles. The molecule has 4 N–H and O–H groups in total. The molecule has 266 valence electrons. The summed E-state index contributed by atoms with van der Waals surface area (Å²) in [5.41, 5.74) is 4.05. The van der Waals surface area contributed by atoms with E-state index < -0.39 is 35.4 Å². The lowest BCUT2D eigenvalue weighted by Gasteiger charge is -2.42. The number of benzene rings is 4. The van der Waals surface area contributed by atoms with E-state index >= 15 is 0 Å². The second-order valence-corrected chi connectivity index (χ2v) is 13.6. The van der Waals surface area contributed by atoms with Crippen molar-refractivity contribution < 1.29 is 53.6 Å². The van der Waals surface area contributed by atoms with Gasteiger partial charge in [-0.2, -0.15) is 0 Å². The molecular weight excluding hydrogens is 656 g/mol. The van der Waals surface area contributed by atoms with Gasteiger partial charge in [-0.25, -0.2) is 0 Å². The van der Waals surface area contributed by atoms with Gasteiger partial charge in [-0.05, 0) is 101 Å². The van der Waals surface area contributed by atoms with Crippen LogP contribution in [0.1, 0.15) is 65.9 Å². The van der Waals surface area contributed by atoms with Crippen LogP contribution in [0.25, 0.3) is 0 Å². The number of ether oxygens (including phenoxy) is 7. The second-order valence-electron chi connectivity index (χ2n) is 13.6. The van der Waals surface area contributed by atoms with Crippen LogP contribution in [0.15, 0.2) is 83.9 Å². The van der Waals surface area contributed by atoms with Crippen molar-refractivity contribution in [2.24, 2.45) is 5.41 Å². The highest BCUT2D eigenvalue weighted by molar-refractivity contribution is 5.52. The molecule has 0 amide bonds. The van der Waals surface area contributed by atoms with Gasteiger partial charge in [0.2, 0.25) is 0 Å². The van der Waals surface area contributed by atoms with Crippen molar-refractivity contribution in [3.05, 3.63) is 106 Å². The van der Waals surface area contributed by atoms with E-state index in [2.05, 4.69) is 0 Å². The van der Waals surface area contributed by atoms with E-state index in [0.29, 0.717) is 48.9 Å². The number of rotatable bonds is 8. The maximum Gasteiger partial charge on any atom is 0.160 e. The number of phenolic OH excluding ortho intramolecular Hbond substituents is 4. The summed E-state index contributed by atoms with van der Waals surface area (Å²) in [5, 5.41) is 42.3. The fraction of sp³-hybridized carbons (Fsp3) is 0.350. The van der Waals surface area contributed by atoms with Gasteiger partial charge < -0.3 is 53.6 Å². The van der Waals surface area contributed by atoms with Crippen molar-refractivity contribution in [1.29, 1.82) is 0 Å². The molecule has 4 aliphatic rings. The summed E-state index contributed by atoms with van der Waals surface area (Å²) in [6.45, 7) is 0.444. The number of methoxy groups -OCH3 is 4. The zero-order valence-corrected chi connectivity index (χ0v) is 28.7. The lowest BCUT2D eigenvalue weighted by Crippen LogP contribution is -2.42. The standard InChI is InChI=1S/C40H40O11/c1-45-31-12-8-23(15-30(31)44)37-39(40(20-49-40)38(51-37)24-7-11-29(43)34(18-24)48-4)14-13-25-26(19-39)36(22-6-10-28(42)33(17-22)47-3)50-35(25)21-5-9-27(41)32(16-21)46-2/h5-12,15-18,35-38,41-44H,13-14,19-20H2,1-4H3/t35-,36+,37-,38+,39-,40-/m0/s1. The average Bonchev–Trinajstić information content (AvgIpc) is 3.81. The third kappa shape index (κ3) is 5.05. The maximum absolute atomic E-state index is 11.0. The number of aromatic hydroxyl groups is 4. The lowest BCUT2D eigenvalue weighted by atomic mass is 9.59. The van der Waals surface area contributed by atoms with Gasteiger partial charge in [0.05, 0.1) is 41.2 Å². The minimum Gasteiger partial charge on any atom is -0.504 e. The summed E-state index contributed by atoms with van der Waals surface area (Å²) >= 11 is 0. The SMILES string of the molecule is COc1ccc([C@@H]2O[C@H](c3ccc(O)c(OC)c3)[C@@]3(CO3)[C@]23CCC2=C(C3)[C@@H](c3ccc(O)c(OC)c3)O[C@H]2c2ccc(O)c(OC)c2)cc1O. The van der Waals surface area contributed by atoms with Gasteiger partial charge in [0.1, 0.15) is 23.9 Å². The third-order valence-corrected chi connectivity index (χ3v) is 11.2. The number of hydrogen-bond donors (Lipinski definition) is 4. The van der Waals surface area contributed by atoms with Crippen molar-refractivity contribution >= 4 is 0 Å². The summed E-state index contributed by atoms with van der Waals surface area (Å²) in [6.07, 6.45) is -0.122. The minimum absolute atomic E-state index is 0.00425. The molecule has 4 aromatic rings. The molecule has 2 fully saturated rings. The Kier molecular flexibility index (Phi) is 7.97. The zero-order chi connectivity index (χ0) is 35.7. The minimum atomic E-state index is -0.745. The van der Waals surface area contributed by atoms with Crippen molar-refractivity contribution in [3.8, 4) is 46.0 Å². The largest absolute Gasteiger partial charge is 0.504 e. The summed E-state index contributed by atoms with van der Waals surface area (Å²) in [5.74, 6) is 1.45. The first-order valence-electron chi connectivity index (χ1n) is 16.8. The van der Waals surface area contributed by atoms with Gasteiger partial charge >= 0.3 is 0 Å². The van der Waals surface area contributed by atoms with Crippen LogP contribution in [0.4, 0.5) is 0 Å². The fourth-order valence-corrected chi connectivity index (χ4v) is 8.63. The van der Waals surface area contributed by atoms with Crippen molar-refractivity contribution in [2.75, 3.05) is 35.0 Å². The Hall–Kier alpha value is -5.10. The van der Waals surface area contributed by atoms with Crippen LogP contribution < -0.4 is 18.9 Å². The van der Waals surface area contributed by atoms with E-state index in [1.165, 1.54) is 28.4 Å². The molecule has 4 aromatic carbocycles. The fourth-order valence-electron chi connectivity index (χ4n) is 8.63.